The molecule has 0 unspecified atom stereocenters. The highest BCUT2D eigenvalue weighted by atomic mass is 16.5. The number of aryl methyl sites for hydroxylation is 2. The summed E-state index contributed by atoms with van der Waals surface area (Å²) in [7, 11) is 1.55. The number of amides is 2. The maximum absolute atomic E-state index is 11.6. The van der Waals surface area contributed by atoms with Crippen LogP contribution in [-0.4, -0.2) is 18.2 Å². The van der Waals surface area contributed by atoms with Crippen LogP contribution in [0.4, 0.5) is 10.5 Å². The minimum atomic E-state index is -0.312. The smallest absolute Gasteiger partial charge is 0.318 e. The molecular weight excluding hydrogens is 292 g/mol. The standard InChI is InChI=1S/C18H22N2O3/c1-12-7-8-17(13(2)9-12)23-11-15-14(10-21)5-4-6-16(15)20-18(22)19-3/h4-9,21H,10-11H2,1-3H3,(H2,19,20,22). The Morgan fingerprint density at radius 2 is 2.00 bits per heavy atom. The molecule has 2 aromatic carbocycles. The van der Waals surface area contributed by atoms with E-state index < -0.39 is 0 Å². The lowest BCUT2D eigenvalue weighted by atomic mass is 10.1. The van der Waals surface area contributed by atoms with Gasteiger partial charge in [-0.1, -0.05) is 29.8 Å². The van der Waals surface area contributed by atoms with Gasteiger partial charge in [-0.05, 0) is 37.1 Å². The number of carbonyl (C=O) groups is 1. The topological polar surface area (TPSA) is 70.6 Å². The van der Waals surface area contributed by atoms with Gasteiger partial charge < -0.3 is 20.5 Å². The van der Waals surface area contributed by atoms with E-state index in [1.165, 1.54) is 5.56 Å². The van der Waals surface area contributed by atoms with Crippen molar-refractivity contribution in [2.24, 2.45) is 0 Å². The Kier molecular flexibility index (Phi) is 5.60. The van der Waals surface area contributed by atoms with Crippen molar-refractivity contribution in [3.63, 3.8) is 0 Å². The van der Waals surface area contributed by atoms with E-state index in [1.807, 2.05) is 32.0 Å². The lowest BCUT2D eigenvalue weighted by Crippen LogP contribution is -2.25. The summed E-state index contributed by atoms with van der Waals surface area (Å²) in [5.41, 5.74) is 4.34. The fourth-order valence-corrected chi connectivity index (χ4v) is 2.37. The van der Waals surface area contributed by atoms with Crippen molar-refractivity contribution in [2.75, 3.05) is 12.4 Å². The minimum Gasteiger partial charge on any atom is -0.489 e. The number of benzene rings is 2. The summed E-state index contributed by atoms with van der Waals surface area (Å²) in [6, 6.07) is 11.1. The number of hydrogen-bond donors (Lipinski definition) is 3. The molecule has 0 atom stereocenters. The van der Waals surface area contributed by atoms with Crippen LogP contribution in [0.25, 0.3) is 0 Å². The molecular formula is C18H22N2O3. The van der Waals surface area contributed by atoms with E-state index in [0.29, 0.717) is 5.69 Å². The van der Waals surface area contributed by atoms with Crippen molar-refractivity contribution >= 4 is 11.7 Å². The normalized spacial score (nSPS) is 10.3. The summed E-state index contributed by atoms with van der Waals surface area (Å²) >= 11 is 0. The van der Waals surface area contributed by atoms with E-state index in [4.69, 9.17) is 4.74 Å². The fraction of sp³-hybridized carbons (Fsp3) is 0.278. The van der Waals surface area contributed by atoms with Crippen molar-refractivity contribution < 1.29 is 14.6 Å². The molecule has 5 heteroatoms. The summed E-state index contributed by atoms with van der Waals surface area (Å²) in [4.78, 5) is 11.6. The van der Waals surface area contributed by atoms with Gasteiger partial charge in [0.2, 0.25) is 0 Å². The number of rotatable bonds is 5. The molecule has 2 rings (SSSR count). The van der Waals surface area contributed by atoms with Crippen LogP contribution in [0, 0.1) is 13.8 Å². The summed E-state index contributed by atoms with van der Waals surface area (Å²) in [6.07, 6.45) is 0. The van der Waals surface area contributed by atoms with Gasteiger partial charge in [-0.2, -0.15) is 0 Å². The van der Waals surface area contributed by atoms with E-state index in [1.54, 1.807) is 19.2 Å². The van der Waals surface area contributed by atoms with Crippen molar-refractivity contribution in [2.45, 2.75) is 27.1 Å². The predicted molar refractivity (Wildman–Crippen MR) is 90.7 cm³/mol. The van der Waals surface area contributed by atoms with Gasteiger partial charge in [-0.3, -0.25) is 0 Å². The Morgan fingerprint density at radius 3 is 2.65 bits per heavy atom. The molecule has 3 N–H and O–H groups in total. The molecule has 0 aliphatic heterocycles. The maximum atomic E-state index is 11.6. The second-order valence-corrected chi connectivity index (χ2v) is 5.36. The van der Waals surface area contributed by atoms with Crippen LogP contribution in [0.5, 0.6) is 5.75 Å². The number of aliphatic hydroxyl groups is 1. The molecule has 0 radical (unpaired) electrons. The summed E-state index contributed by atoms with van der Waals surface area (Å²) in [5, 5.41) is 14.8. The van der Waals surface area contributed by atoms with Gasteiger partial charge in [0, 0.05) is 18.3 Å². The number of aliphatic hydroxyl groups excluding tert-OH is 1. The zero-order valence-corrected chi connectivity index (χ0v) is 13.6. The van der Waals surface area contributed by atoms with Gasteiger partial charge in [0.1, 0.15) is 12.4 Å². The quantitative estimate of drug-likeness (QED) is 0.794. The average Bonchev–Trinajstić information content (AvgIpc) is 2.54. The second-order valence-electron chi connectivity index (χ2n) is 5.36. The van der Waals surface area contributed by atoms with Crippen LogP contribution in [-0.2, 0) is 13.2 Å². The molecule has 23 heavy (non-hydrogen) atoms. The molecule has 0 aromatic heterocycles. The van der Waals surface area contributed by atoms with Crippen molar-refractivity contribution in [3.05, 3.63) is 58.7 Å². The van der Waals surface area contributed by atoms with Crippen LogP contribution in [0.15, 0.2) is 36.4 Å². The van der Waals surface area contributed by atoms with E-state index in [-0.39, 0.29) is 19.2 Å². The Hall–Kier alpha value is -2.53. The molecule has 0 heterocycles. The maximum Gasteiger partial charge on any atom is 0.318 e. The molecule has 0 aliphatic rings. The Morgan fingerprint density at radius 1 is 1.22 bits per heavy atom. The highest BCUT2D eigenvalue weighted by Gasteiger charge is 2.11. The number of carbonyl (C=O) groups excluding carboxylic acids is 1. The number of ether oxygens (including phenoxy) is 1. The third kappa shape index (κ3) is 4.23. The molecule has 0 fully saturated rings. The van der Waals surface area contributed by atoms with Gasteiger partial charge >= 0.3 is 6.03 Å². The van der Waals surface area contributed by atoms with Crippen molar-refractivity contribution in [1.82, 2.24) is 5.32 Å². The van der Waals surface area contributed by atoms with Crippen LogP contribution in [0.3, 0.4) is 0 Å². The number of urea groups is 1. The zero-order chi connectivity index (χ0) is 16.8. The van der Waals surface area contributed by atoms with Gasteiger partial charge in [0.15, 0.2) is 0 Å². The van der Waals surface area contributed by atoms with Gasteiger partial charge in [-0.15, -0.1) is 0 Å². The van der Waals surface area contributed by atoms with Crippen LogP contribution in [0.1, 0.15) is 22.3 Å². The SMILES string of the molecule is CNC(=O)Nc1cccc(CO)c1COc1ccc(C)cc1C. The number of nitrogens with one attached hydrogen (secondary N) is 2. The van der Waals surface area contributed by atoms with Crippen LogP contribution < -0.4 is 15.4 Å². The van der Waals surface area contributed by atoms with Gasteiger partial charge in [0.25, 0.3) is 0 Å². The minimum absolute atomic E-state index is 0.116. The molecule has 0 saturated carbocycles. The van der Waals surface area contributed by atoms with E-state index in [9.17, 15) is 9.90 Å². The third-order valence-corrected chi connectivity index (χ3v) is 3.62. The van der Waals surface area contributed by atoms with Crippen molar-refractivity contribution in [1.29, 1.82) is 0 Å². The summed E-state index contributed by atoms with van der Waals surface area (Å²) in [6.45, 7) is 4.17. The van der Waals surface area contributed by atoms with Gasteiger partial charge in [-0.25, -0.2) is 4.79 Å². The van der Waals surface area contributed by atoms with Crippen LogP contribution >= 0.6 is 0 Å². The first kappa shape index (κ1) is 16.8. The van der Waals surface area contributed by atoms with Gasteiger partial charge in [0.05, 0.1) is 6.61 Å². The van der Waals surface area contributed by atoms with E-state index >= 15 is 0 Å². The largest absolute Gasteiger partial charge is 0.489 e. The first-order valence-corrected chi connectivity index (χ1v) is 7.45. The lowest BCUT2D eigenvalue weighted by Gasteiger charge is -2.16. The Labute approximate surface area is 136 Å². The Balaban J connectivity index is 2.24. The molecule has 0 spiro atoms. The summed E-state index contributed by atoms with van der Waals surface area (Å²) < 4.78 is 5.89. The first-order chi connectivity index (χ1) is 11.0. The first-order valence-electron chi connectivity index (χ1n) is 7.45. The fourth-order valence-electron chi connectivity index (χ4n) is 2.37. The molecule has 2 amide bonds. The number of hydrogen-bond acceptors (Lipinski definition) is 3. The Bertz CT molecular complexity index is 699. The second kappa shape index (κ2) is 7.65. The average molecular weight is 314 g/mol. The lowest BCUT2D eigenvalue weighted by molar-refractivity contribution is 0.253. The van der Waals surface area contributed by atoms with E-state index in [0.717, 1.165) is 22.4 Å². The predicted octanol–water partition coefficient (Wildman–Crippen LogP) is 3.13. The highest BCUT2D eigenvalue weighted by molar-refractivity contribution is 5.90. The molecule has 0 saturated heterocycles. The van der Waals surface area contributed by atoms with Crippen LogP contribution in [0.2, 0.25) is 0 Å². The highest BCUT2D eigenvalue weighted by Crippen LogP contribution is 2.25. The monoisotopic (exact) mass is 314 g/mol. The molecule has 122 valence electrons. The molecule has 5 nitrogen and oxygen atoms in total. The molecule has 0 bridgehead atoms. The third-order valence-electron chi connectivity index (χ3n) is 3.62. The zero-order valence-electron chi connectivity index (χ0n) is 13.6. The summed E-state index contributed by atoms with van der Waals surface area (Å²) in [5.74, 6) is 0.786. The number of anilines is 1. The van der Waals surface area contributed by atoms with E-state index in [2.05, 4.69) is 16.7 Å². The molecule has 2 aromatic rings. The molecule has 0 aliphatic carbocycles. The van der Waals surface area contributed by atoms with Crippen molar-refractivity contribution in [3.8, 4) is 5.75 Å².